The van der Waals surface area contributed by atoms with E-state index in [0.717, 1.165) is 41.2 Å². The summed E-state index contributed by atoms with van der Waals surface area (Å²) in [7, 11) is 0. The van der Waals surface area contributed by atoms with E-state index in [1.165, 1.54) is 17.7 Å². The molecule has 1 fully saturated rings. The van der Waals surface area contributed by atoms with E-state index in [4.69, 9.17) is 0 Å². The number of amides is 2. The summed E-state index contributed by atoms with van der Waals surface area (Å²) in [5, 5.41) is 3.28. The van der Waals surface area contributed by atoms with Gasteiger partial charge < -0.3 is 10.2 Å². The molecule has 0 spiro atoms. The number of nitrogens with one attached hydrogen (secondary N) is 1. The topological polar surface area (TPSA) is 52.7 Å². The predicted octanol–water partition coefficient (Wildman–Crippen LogP) is 5.30. The van der Waals surface area contributed by atoms with Crippen LogP contribution in [0.25, 0.3) is 5.57 Å². The third-order valence-electron chi connectivity index (χ3n) is 6.37. The summed E-state index contributed by atoms with van der Waals surface area (Å²) in [5.74, 6) is -0.653. The maximum atomic E-state index is 13.6. The average molecular weight is 438 g/mol. The third-order valence-corrected chi connectivity index (χ3v) is 6.37. The van der Waals surface area contributed by atoms with Crippen LogP contribution in [-0.2, 0) is 9.59 Å². The van der Waals surface area contributed by atoms with E-state index in [9.17, 15) is 9.59 Å². The molecule has 3 aromatic rings. The number of imide groups is 1. The number of aryl methyl sites for hydroxylation is 2. The van der Waals surface area contributed by atoms with Crippen LogP contribution in [0, 0.1) is 13.8 Å². The highest BCUT2D eigenvalue weighted by molar-refractivity contribution is 6.46. The molecule has 2 heterocycles. The van der Waals surface area contributed by atoms with Gasteiger partial charge in [-0.1, -0.05) is 48.0 Å². The second-order valence-electron chi connectivity index (χ2n) is 8.72. The van der Waals surface area contributed by atoms with Crippen LogP contribution in [0.15, 0.2) is 78.5 Å². The molecule has 2 aliphatic heterocycles. The summed E-state index contributed by atoms with van der Waals surface area (Å²) in [6, 6.07) is 23.1. The second kappa shape index (κ2) is 8.58. The minimum absolute atomic E-state index is 0.307. The van der Waals surface area contributed by atoms with Crippen LogP contribution < -0.4 is 15.1 Å². The van der Waals surface area contributed by atoms with Crippen LogP contribution >= 0.6 is 0 Å². The van der Waals surface area contributed by atoms with Crippen molar-refractivity contribution in [3.63, 3.8) is 0 Å². The molecule has 5 heteroatoms. The largest absolute Gasteiger partial charge is 0.372 e. The van der Waals surface area contributed by atoms with Gasteiger partial charge in [-0.15, -0.1) is 0 Å². The summed E-state index contributed by atoms with van der Waals surface area (Å²) >= 11 is 0. The van der Waals surface area contributed by atoms with Crippen LogP contribution in [0.3, 0.4) is 0 Å². The van der Waals surface area contributed by atoms with Crippen LogP contribution in [-0.4, -0.2) is 24.9 Å². The summed E-state index contributed by atoms with van der Waals surface area (Å²) in [6.07, 6.45) is 2.39. The van der Waals surface area contributed by atoms with Gasteiger partial charge >= 0.3 is 0 Å². The van der Waals surface area contributed by atoms with Gasteiger partial charge in [0.1, 0.15) is 5.70 Å². The van der Waals surface area contributed by atoms with Gasteiger partial charge in [-0.05, 0) is 68.1 Å². The Kier molecular flexibility index (Phi) is 5.47. The summed E-state index contributed by atoms with van der Waals surface area (Å²) in [4.78, 5) is 30.8. The summed E-state index contributed by atoms with van der Waals surface area (Å²) in [5.41, 5.74) is 6.10. The predicted molar refractivity (Wildman–Crippen MR) is 133 cm³/mol. The van der Waals surface area contributed by atoms with Crippen LogP contribution in [0.1, 0.15) is 29.5 Å². The van der Waals surface area contributed by atoms with Gasteiger partial charge in [-0.25, -0.2) is 4.90 Å². The number of carbonyl (C=O) groups excluding carboxylic acids is 2. The Morgan fingerprint density at radius 3 is 2.09 bits per heavy atom. The van der Waals surface area contributed by atoms with Crippen LogP contribution in [0.4, 0.5) is 17.1 Å². The molecular weight excluding hydrogens is 410 g/mol. The molecule has 0 bridgehead atoms. The van der Waals surface area contributed by atoms with Crippen molar-refractivity contribution in [3.8, 4) is 0 Å². The van der Waals surface area contributed by atoms with E-state index < -0.39 is 0 Å². The first-order valence-corrected chi connectivity index (χ1v) is 11.4. The maximum Gasteiger partial charge on any atom is 0.282 e. The smallest absolute Gasteiger partial charge is 0.282 e. The monoisotopic (exact) mass is 437 g/mol. The Hall–Kier alpha value is -3.86. The van der Waals surface area contributed by atoms with Crippen molar-refractivity contribution in [3.05, 3.63) is 95.2 Å². The highest BCUT2D eigenvalue weighted by atomic mass is 16.2. The van der Waals surface area contributed by atoms with Crippen molar-refractivity contribution >= 4 is 34.4 Å². The quantitative estimate of drug-likeness (QED) is 0.551. The fourth-order valence-corrected chi connectivity index (χ4v) is 4.63. The fourth-order valence-electron chi connectivity index (χ4n) is 4.63. The molecule has 2 aliphatic rings. The van der Waals surface area contributed by atoms with Crippen molar-refractivity contribution in [1.29, 1.82) is 0 Å². The lowest BCUT2D eigenvalue weighted by atomic mass is 10.0. The minimum atomic E-state index is -0.340. The van der Waals surface area contributed by atoms with E-state index in [0.29, 0.717) is 17.0 Å². The number of benzene rings is 3. The Balaban J connectivity index is 1.52. The van der Waals surface area contributed by atoms with Gasteiger partial charge in [0, 0.05) is 24.5 Å². The normalized spacial score (nSPS) is 16.2. The molecule has 0 aromatic heterocycles. The van der Waals surface area contributed by atoms with Crippen molar-refractivity contribution in [2.45, 2.75) is 26.7 Å². The Morgan fingerprint density at radius 2 is 1.42 bits per heavy atom. The molecule has 0 radical (unpaired) electrons. The number of nitrogens with zero attached hydrogens (tertiary/aromatic N) is 2. The lowest BCUT2D eigenvalue weighted by Crippen LogP contribution is -2.32. The van der Waals surface area contributed by atoms with E-state index in [1.54, 1.807) is 0 Å². The van der Waals surface area contributed by atoms with E-state index in [1.807, 2.05) is 80.6 Å². The minimum Gasteiger partial charge on any atom is -0.372 e. The van der Waals surface area contributed by atoms with Gasteiger partial charge in [0.2, 0.25) is 0 Å². The highest BCUT2D eigenvalue weighted by Gasteiger charge is 2.40. The van der Waals surface area contributed by atoms with Gasteiger partial charge in [0.15, 0.2) is 0 Å². The molecule has 0 unspecified atom stereocenters. The molecule has 33 heavy (non-hydrogen) atoms. The zero-order valence-electron chi connectivity index (χ0n) is 19.0. The molecule has 0 saturated carbocycles. The Morgan fingerprint density at radius 1 is 0.758 bits per heavy atom. The van der Waals surface area contributed by atoms with Crippen LogP contribution in [0.2, 0.25) is 0 Å². The molecule has 1 N–H and O–H groups in total. The van der Waals surface area contributed by atoms with E-state index in [-0.39, 0.29) is 11.8 Å². The number of hydrogen-bond acceptors (Lipinski definition) is 4. The second-order valence-corrected chi connectivity index (χ2v) is 8.72. The van der Waals surface area contributed by atoms with Crippen molar-refractivity contribution in [1.82, 2.24) is 0 Å². The van der Waals surface area contributed by atoms with E-state index in [2.05, 4.69) is 16.3 Å². The molecule has 3 aromatic carbocycles. The first-order valence-electron chi connectivity index (χ1n) is 11.4. The van der Waals surface area contributed by atoms with Crippen molar-refractivity contribution in [2.75, 3.05) is 28.2 Å². The molecule has 5 nitrogen and oxygen atoms in total. The average Bonchev–Trinajstić information content (AvgIpc) is 3.44. The lowest BCUT2D eigenvalue weighted by molar-refractivity contribution is -0.120. The molecule has 0 aliphatic carbocycles. The zero-order chi connectivity index (χ0) is 22.9. The van der Waals surface area contributed by atoms with Gasteiger partial charge in [0.05, 0.1) is 11.3 Å². The fraction of sp³-hybridized carbons (Fsp3) is 0.214. The van der Waals surface area contributed by atoms with E-state index >= 15 is 0 Å². The molecular formula is C28H27N3O2. The number of anilines is 3. The molecule has 1 saturated heterocycles. The lowest BCUT2D eigenvalue weighted by Gasteiger charge is -2.20. The van der Waals surface area contributed by atoms with Crippen LogP contribution in [0.5, 0.6) is 0 Å². The number of hydrogen-bond donors (Lipinski definition) is 1. The standard InChI is InChI=1S/C28H27N3O2/c1-19-10-15-24(20(2)18-19)29-26-25(21-8-4-3-5-9-21)27(32)31(28(26)33)23-13-11-22(12-14-23)30-16-6-7-17-30/h3-5,8-15,18,29H,6-7,16-17H2,1-2H3. The molecule has 166 valence electrons. The third kappa shape index (κ3) is 3.91. The molecule has 0 atom stereocenters. The first kappa shape index (κ1) is 21.0. The summed E-state index contributed by atoms with van der Waals surface area (Å²) in [6.45, 7) is 6.12. The SMILES string of the molecule is Cc1ccc(NC2=C(c3ccccc3)C(=O)N(c3ccc(N4CCCC4)cc3)C2=O)c(C)c1. The van der Waals surface area contributed by atoms with Gasteiger partial charge in [-0.3, -0.25) is 9.59 Å². The highest BCUT2D eigenvalue weighted by Crippen LogP contribution is 2.35. The maximum absolute atomic E-state index is 13.6. The van der Waals surface area contributed by atoms with Crippen molar-refractivity contribution < 1.29 is 9.59 Å². The summed E-state index contributed by atoms with van der Waals surface area (Å²) < 4.78 is 0. The first-order chi connectivity index (χ1) is 16.0. The number of rotatable bonds is 5. The molecule has 5 rings (SSSR count). The van der Waals surface area contributed by atoms with Gasteiger partial charge in [-0.2, -0.15) is 0 Å². The Labute approximate surface area is 194 Å². The molecule has 2 amide bonds. The zero-order valence-corrected chi connectivity index (χ0v) is 19.0. The number of carbonyl (C=O) groups is 2. The van der Waals surface area contributed by atoms with Gasteiger partial charge in [0.25, 0.3) is 11.8 Å². The Bertz CT molecular complexity index is 1240. The van der Waals surface area contributed by atoms with Crippen molar-refractivity contribution in [2.24, 2.45) is 0 Å².